The highest BCUT2D eigenvalue weighted by Gasteiger charge is 2.44. The Kier molecular flexibility index (Phi) is 5.16. The zero-order valence-electron chi connectivity index (χ0n) is 18.2. The van der Waals surface area contributed by atoms with Gasteiger partial charge < -0.3 is 19.4 Å². The first kappa shape index (κ1) is 22.7. The van der Waals surface area contributed by atoms with Gasteiger partial charge in [-0.1, -0.05) is 23.2 Å². The van der Waals surface area contributed by atoms with Gasteiger partial charge in [0.1, 0.15) is 23.3 Å². The molecule has 0 spiro atoms. The van der Waals surface area contributed by atoms with E-state index in [1.165, 1.54) is 29.4 Å². The fraction of sp³-hybridized carbons (Fsp3) is 0.217. The van der Waals surface area contributed by atoms with Crippen LogP contribution in [0.25, 0.3) is 22.3 Å². The summed E-state index contributed by atoms with van der Waals surface area (Å²) in [6.45, 7) is -0.407. The van der Waals surface area contributed by atoms with Gasteiger partial charge in [-0.2, -0.15) is 5.10 Å². The van der Waals surface area contributed by atoms with Crippen molar-refractivity contribution in [3.63, 3.8) is 0 Å². The summed E-state index contributed by atoms with van der Waals surface area (Å²) < 4.78 is 36.9. The molecule has 0 saturated heterocycles. The van der Waals surface area contributed by atoms with Crippen LogP contribution >= 0.6 is 23.2 Å². The molecule has 0 atom stereocenters. The summed E-state index contributed by atoms with van der Waals surface area (Å²) >= 11 is 12.3. The summed E-state index contributed by atoms with van der Waals surface area (Å²) in [6.07, 6.45) is -0.963. The van der Waals surface area contributed by atoms with E-state index >= 15 is 0 Å². The van der Waals surface area contributed by atoms with Crippen molar-refractivity contribution in [3.05, 3.63) is 63.1 Å². The third-order valence-corrected chi connectivity index (χ3v) is 6.23. The molecule has 2 aliphatic rings. The van der Waals surface area contributed by atoms with Gasteiger partial charge in [-0.3, -0.25) is 9.59 Å². The molecule has 1 amide bonds. The molecule has 1 fully saturated rings. The molecular formula is C23H15Cl2F2N5O4. The van der Waals surface area contributed by atoms with Crippen LogP contribution in [0.5, 0.6) is 11.5 Å². The van der Waals surface area contributed by atoms with E-state index in [-0.39, 0.29) is 23.1 Å². The zero-order chi connectivity index (χ0) is 25.2. The fourth-order valence-corrected chi connectivity index (χ4v) is 4.68. The van der Waals surface area contributed by atoms with E-state index in [9.17, 15) is 18.4 Å². The number of amides is 1. The van der Waals surface area contributed by atoms with Crippen molar-refractivity contribution in [2.24, 2.45) is 0 Å². The molecule has 3 heterocycles. The Morgan fingerprint density at radius 1 is 1.14 bits per heavy atom. The Balaban J connectivity index is 1.38. The topological polar surface area (TPSA) is 102 Å². The number of imidazole rings is 1. The van der Waals surface area contributed by atoms with Crippen molar-refractivity contribution in [1.82, 2.24) is 19.7 Å². The molecule has 2 aromatic carbocycles. The van der Waals surface area contributed by atoms with Gasteiger partial charge in [0, 0.05) is 33.4 Å². The lowest BCUT2D eigenvalue weighted by atomic mass is 10.1. The maximum absolute atomic E-state index is 13.5. The second-order valence-corrected chi connectivity index (χ2v) is 9.26. The van der Waals surface area contributed by atoms with E-state index in [2.05, 4.69) is 24.5 Å². The molecule has 1 aliphatic heterocycles. The second-order valence-electron chi connectivity index (χ2n) is 8.39. The number of halogens is 4. The van der Waals surface area contributed by atoms with E-state index in [1.807, 2.05) is 0 Å². The molecule has 13 heteroatoms. The minimum atomic E-state index is -3.77. The van der Waals surface area contributed by atoms with Crippen LogP contribution in [-0.4, -0.2) is 38.0 Å². The third kappa shape index (κ3) is 4.03. The molecule has 1 N–H and O–H groups in total. The molecule has 0 bridgehead atoms. The largest absolute Gasteiger partial charge is 0.586 e. The summed E-state index contributed by atoms with van der Waals surface area (Å²) in [5.41, 5.74) is 1.09. The predicted molar refractivity (Wildman–Crippen MR) is 127 cm³/mol. The van der Waals surface area contributed by atoms with Crippen LogP contribution in [-0.2, 0) is 11.3 Å². The number of anilines is 1. The Bertz CT molecular complexity index is 1580. The van der Waals surface area contributed by atoms with Crippen LogP contribution in [0.2, 0.25) is 10.0 Å². The van der Waals surface area contributed by atoms with Crippen LogP contribution in [0, 0.1) is 0 Å². The predicted octanol–water partition coefficient (Wildman–Crippen LogP) is 4.61. The molecule has 184 valence electrons. The van der Waals surface area contributed by atoms with E-state index in [1.54, 1.807) is 18.2 Å². The molecule has 2 aromatic heterocycles. The lowest BCUT2D eigenvalue weighted by molar-refractivity contribution is -0.286. The number of hydrogen-bond donors (Lipinski definition) is 1. The molecule has 6 rings (SSSR count). The molecule has 4 aromatic rings. The van der Waals surface area contributed by atoms with E-state index in [0.717, 1.165) is 17.5 Å². The summed E-state index contributed by atoms with van der Waals surface area (Å²) in [6, 6.07) is 8.79. The normalized spacial score (nSPS) is 15.9. The van der Waals surface area contributed by atoms with Crippen LogP contribution in [0.15, 0.2) is 47.5 Å². The Morgan fingerprint density at radius 2 is 1.86 bits per heavy atom. The van der Waals surface area contributed by atoms with E-state index in [4.69, 9.17) is 23.2 Å². The van der Waals surface area contributed by atoms with Gasteiger partial charge >= 0.3 is 6.29 Å². The van der Waals surface area contributed by atoms with Crippen LogP contribution in [0.4, 0.5) is 14.5 Å². The smallest absolute Gasteiger partial charge is 0.395 e. The first-order valence-corrected chi connectivity index (χ1v) is 11.6. The SMILES string of the molecule is O=C(Cn1nc(-c2cc(Cl)cc(Cl)c2)c2nc[nH]c2c1=O)N(c1ccc2c(c1)OC(F)(F)O2)C1CC1. The summed E-state index contributed by atoms with van der Waals surface area (Å²) in [7, 11) is 0. The van der Waals surface area contributed by atoms with E-state index < -0.39 is 24.3 Å². The molecule has 0 radical (unpaired) electrons. The monoisotopic (exact) mass is 533 g/mol. The van der Waals surface area contributed by atoms with Gasteiger partial charge in [-0.05, 0) is 43.2 Å². The summed E-state index contributed by atoms with van der Waals surface area (Å²) in [4.78, 5) is 35.0. The lowest BCUT2D eigenvalue weighted by Crippen LogP contribution is -2.39. The van der Waals surface area contributed by atoms with Gasteiger partial charge in [0.15, 0.2) is 11.5 Å². The van der Waals surface area contributed by atoms with Gasteiger partial charge in [0.2, 0.25) is 5.91 Å². The molecule has 9 nitrogen and oxygen atoms in total. The van der Waals surface area contributed by atoms with Crippen molar-refractivity contribution in [1.29, 1.82) is 0 Å². The van der Waals surface area contributed by atoms with Gasteiger partial charge in [0.05, 0.1) is 6.33 Å². The standard InChI is InChI=1S/C23H15Cl2F2N5O4/c24-12-5-11(6-13(25)7-12)19-20-21(29-10-28-20)22(34)31(30-19)9-18(33)32(14-1-2-14)15-3-4-16-17(8-15)36-23(26,27)35-16/h3-8,10,14H,1-2,9H2,(H,28,29). The minimum absolute atomic E-state index is 0.126. The number of benzene rings is 2. The van der Waals surface area contributed by atoms with Crippen molar-refractivity contribution >= 4 is 45.8 Å². The number of fused-ring (bicyclic) bond motifs is 2. The number of aromatic nitrogens is 4. The average molecular weight is 534 g/mol. The number of nitrogens with zero attached hydrogens (tertiary/aromatic N) is 4. The molecule has 1 aliphatic carbocycles. The maximum Gasteiger partial charge on any atom is 0.586 e. The zero-order valence-corrected chi connectivity index (χ0v) is 19.7. The lowest BCUT2D eigenvalue weighted by Gasteiger charge is -2.23. The fourth-order valence-electron chi connectivity index (χ4n) is 4.15. The minimum Gasteiger partial charge on any atom is -0.395 e. The number of H-pyrrole nitrogens is 1. The maximum atomic E-state index is 13.5. The van der Waals surface area contributed by atoms with Crippen molar-refractivity contribution in [2.75, 3.05) is 4.90 Å². The Hall–Kier alpha value is -3.70. The van der Waals surface area contributed by atoms with Crippen molar-refractivity contribution in [3.8, 4) is 22.8 Å². The highest BCUT2D eigenvalue weighted by atomic mass is 35.5. The third-order valence-electron chi connectivity index (χ3n) is 5.80. The van der Waals surface area contributed by atoms with Crippen LogP contribution in [0.1, 0.15) is 12.8 Å². The number of rotatable bonds is 5. The van der Waals surface area contributed by atoms with Crippen LogP contribution in [0.3, 0.4) is 0 Å². The first-order valence-electron chi connectivity index (χ1n) is 10.8. The number of carbonyl (C=O) groups is 1. The van der Waals surface area contributed by atoms with Crippen molar-refractivity contribution in [2.45, 2.75) is 31.7 Å². The Morgan fingerprint density at radius 3 is 2.58 bits per heavy atom. The number of aromatic amines is 1. The second kappa shape index (κ2) is 8.17. The number of nitrogens with one attached hydrogen (secondary N) is 1. The van der Waals surface area contributed by atoms with Gasteiger partial charge in [-0.25, -0.2) is 9.67 Å². The summed E-state index contributed by atoms with van der Waals surface area (Å²) in [5.74, 6) is -0.753. The van der Waals surface area contributed by atoms with Gasteiger partial charge in [-0.15, -0.1) is 8.78 Å². The van der Waals surface area contributed by atoms with E-state index in [0.29, 0.717) is 32.5 Å². The average Bonchev–Trinajstić information content (AvgIpc) is 3.40. The van der Waals surface area contributed by atoms with Crippen molar-refractivity contribution < 1.29 is 23.0 Å². The number of hydrogen-bond acceptors (Lipinski definition) is 6. The quantitative estimate of drug-likeness (QED) is 0.401. The summed E-state index contributed by atoms with van der Waals surface area (Å²) in [5, 5.41) is 5.14. The number of carbonyl (C=O) groups excluding carboxylic acids is 1. The Labute approximate surface area is 211 Å². The number of ether oxygens (including phenoxy) is 2. The molecule has 0 unspecified atom stereocenters. The number of alkyl halides is 2. The van der Waals surface area contributed by atoms with Crippen LogP contribution < -0.4 is 19.9 Å². The molecule has 36 heavy (non-hydrogen) atoms. The highest BCUT2D eigenvalue weighted by molar-refractivity contribution is 6.35. The highest BCUT2D eigenvalue weighted by Crippen LogP contribution is 2.44. The van der Waals surface area contributed by atoms with Gasteiger partial charge in [0.25, 0.3) is 5.56 Å². The first-order chi connectivity index (χ1) is 17.2. The molecular weight excluding hydrogens is 519 g/mol. The molecule has 1 saturated carbocycles.